The summed E-state index contributed by atoms with van der Waals surface area (Å²) in [6, 6.07) is 2.49. The van der Waals surface area contributed by atoms with E-state index in [0.717, 1.165) is 37.7 Å². The van der Waals surface area contributed by atoms with Crippen molar-refractivity contribution in [2.75, 3.05) is 42.6 Å². The molecule has 1 fully saturated rings. The molecule has 0 amide bonds. The summed E-state index contributed by atoms with van der Waals surface area (Å²) in [5.74, 6) is 2.03. The quantitative estimate of drug-likeness (QED) is 0.697. The maximum atomic E-state index is 5.72. The second-order valence-corrected chi connectivity index (χ2v) is 4.22. The van der Waals surface area contributed by atoms with Gasteiger partial charge in [0, 0.05) is 31.7 Å². The molecule has 2 heterocycles. The van der Waals surface area contributed by atoms with Crippen LogP contribution in [0.2, 0.25) is 0 Å². The van der Waals surface area contributed by atoms with Crippen LogP contribution in [-0.2, 0) is 0 Å². The Kier molecular flexibility index (Phi) is 3.63. The van der Waals surface area contributed by atoms with Crippen LogP contribution in [0.3, 0.4) is 0 Å². The molecule has 17 heavy (non-hydrogen) atoms. The van der Waals surface area contributed by atoms with E-state index in [9.17, 15) is 0 Å². The van der Waals surface area contributed by atoms with Gasteiger partial charge in [-0.15, -0.1) is 0 Å². The van der Waals surface area contributed by atoms with Gasteiger partial charge in [-0.1, -0.05) is 0 Å². The molecule has 1 aromatic rings. The first kappa shape index (κ1) is 11.9. The molecule has 6 nitrogen and oxygen atoms in total. The number of nitrogens with two attached hydrogens (primary N) is 1. The summed E-state index contributed by atoms with van der Waals surface area (Å²) in [4.78, 5) is 10.7. The predicted octanol–water partition coefficient (Wildman–Crippen LogP) is 0.289. The summed E-state index contributed by atoms with van der Waals surface area (Å²) in [5, 5.41) is 6.45. The molecule has 1 aliphatic rings. The summed E-state index contributed by atoms with van der Waals surface area (Å²) in [6.07, 6.45) is 1.14. The molecule has 1 aliphatic heterocycles. The van der Waals surface area contributed by atoms with Gasteiger partial charge < -0.3 is 21.3 Å². The lowest BCUT2D eigenvalue weighted by atomic mass is 10.3. The zero-order chi connectivity index (χ0) is 12.3. The Balaban J connectivity index is 2.15. The number of likely N-dealkylation sites (N-methyl/N-ethyl adjacent to an activating group) is 1. The van der Waals surface area contributed by atoms with Crippen LogP contribution in [0.15, 0.2) is 6.07 Å². The first-order valence-electron chi connectivity index (χ1n) is 6.03. The molecule has 6 heteroatoms. The van der Waals surface area contributed by atoms with Crippen LogP contribution in [0, 0.1) is 0 Å². The third-order valence-electron chi connectivity index (χ3n) is 3.01. The SMILES string of the molecule is CCNc1cc(N2CCC(NC)C2)nc(N)n1. The maximum absolute atomic E-state index is 5.72. The molecule has 0 saturated carbocycles. The Labute approximate surface area is 102 Å². The molecule has 1 aromatic heterocycles. The Morgan fingerprint density at radius 1 is 1.53 bits per heavy atom. The highest BCUT2D eigenvalue weighted by molar-refractivity contribution is 5.53. The summed E-state index contributed by atoms with van der Waals surface area (Å²) >= 11 is 0. The second-order valence-electron chi connectivity index (χ2n) is 4.22. The summed E-state index contributed by atoms with van der Waals surface area (Å²) < 4.78 is 0. The van der Waals surface area contributed by atoms with E-state index < -0.39 is 0 Å². The van der Waals surface area contributed by atoms with Crippen molar-refractivity contribution in [2.24, 2.45) is 0 Å². The van der Waals surface area contributed by atoms with Crippen LogP contribution in [0.1, 0.15) is 13.3 Å². The zero-order valence-electron chi connectivity index (χ0n) is 10.4. The van der Waals surface area contributed by atoms with Crippen molar-refractivity contribution in [2.45, 2.75) is 19.4 Å². The maximum Gasteiger partial charge on any atom is 0.223 e. The summed E-state index contributed by atoms with van der Waals surface area (Å²) in [6.45, 7) is 4.84. The molecule has 0 aliphatic carbocycles. The van der Waals surface area contributed by atoms with E-state index in [4.69, 9.17) is 5.73 Å². The van der Waals surface area contributed by atoms with Crippen molar-refractivity contribution in [1.82, 2.24) is 15.3 Å². The van der Waals surface area contributed by atoms with Crippen molar-refractivity contribution >= 4 is 17.6 Å². The summed E-state index contributed by atoms with van der Waals surface area (Å²) in [5.41, 5.74) is 5.72. The van der Waals surface area contributed by atoms with Crippen LogP contribution in [0.5, 0.6) is 0 Å². The van der Waals surface area contributed by atoms with E-state index in [1.54, 1.807) is 0 Å². The minimum absolute atomic E-state index is 0.325. The van der Waals surface area contributed by atoms with Crippen LogP contribution in [-0.4, -0.2) is 42.7 Å². The molecular formula is C11H20N6. The van der Waals surface area contributed by atoms with Crippen molar-refractivity contribution in [1.29, 1.82) is 0 Å². The van der Waals surface area contributed by atoms with Gasteiger partial charge in [-0.2, -0.15) is 9.97 Å². The number of hydrogen-bond acceptors (Lipinski definition) is 6. The lowest BCUT2D eigenvalue weighted by Crippen LogP contribution is -2.30. The van der Waals surface area contributed by atoms with Crippen LogP contribution >= 0.6 is 0 Å². The van der Waals surface area contributed by atoms with E-state index >= 15 is 0 Å². The highest BCUT2D eigenvalue weighted by atomic mass is 15.3. The third-order valence-corrected chi connectivity index (χ3v) is 3.01. The average molecular weight is 236 g/mol. The highest BCUT2D eigenvalue weighted by Crippen LogP contribution is 2.21. The number of hydrogen-bond donors (Lipinski definition) is 3. The molecule has 2 rings (SSSR count). The molecule has 1 atom stereocenters. The minimum Gasteiger partial charge on any atom is -0.370 e. The first-order valence-corrected chi connectivity index (χ1v) is 6.03. The number of anilines is 3. The molecule has 1 saturated heterocycles. The first-order chi connectivity index (χ1) is 8.22. The fourth-order valence-corrected chi connectivity index (χ4v) is 2.09. The molecule has 0 aromatic carbocycles. The molecule has 0 spiro atoms. The smallest absolute Gasteiger partial charge is 0.223 e. The van der Waals surface area contributed by atoms with Gasteiger partial charge in [-0.25, -0.2) is 0 Å². The second kappa shape index (κ2) is 5.18. The Hall–Kier alpha value is -1.56. The highest BCUT2D eigenvalue weighted by Gasteiger charge is 2.22. The van der Waals surface area contributed by atoms with Crippen molar-refractivity contribution in [3.8, 4) is 0 Å². The molecule has 0 bridgehead atoms. The van der Waals surface area contributed by atoms with E-state index in [0.29, 0.717) is 12.0 Å². The van der Waals surface area contributed by atoms with Crippen LogP contribution in [0.4, 0.5) is 17.6 Å². The lowest BCUT2D eigenvalue weighted by molar-refractivity contribution is 0.616. The third kappa shape index (κ3) is 2.76. The predicted molar refractivity (Wildman–Crippen MR) is 70.3 cm³/mol. The van der Waals surface area contributed by atoms with Gasteiger partial charge in [0.05, 0.1) is 0 Å². The standard InChI is InChI=1S/C11H20N6/c1-3-14-9-6-10(16-11(12)15-9)17-5-4-8(7-17)13-2/h6,8,13H,3-5,7H2,1-2H3,(H3,12,14,15,16). The van der Waals surface area contributed by atoms with Crippen molar-refractivity contribution in [3.63, 3.8) is 0 Å². The number of nitrogens with one attached hydrogen (secondary N) is 2. The number of rotatable bonds is 4. The molecule has 94 valence electrons. The molecule has 4 N–H and O–H groups in total. The van der Waals surface area contributed by atoms with E-state index in [-0.39, 0.29) is 0 Å². The van der Waals surface area contributed by atoms with E-state index in [1.165, 1.54) is 0 Å². The lowest BCUT2D eigenvalue weighted by Gasteiger charge is -2.18. The Morgan fingerprint density at radius 2 is 2.35 bits per heavy atom. The minimum atomic E-state index is 0.325. The molecule has 1 unspecified atom stereocenters. The van der Waals surface area contributed by atoms with Crippen LogP contribution in [0.25, 0.3) is 0 Å². The van der Waals surface area contributed by atoms with E-state index in [1.807, 2.05) is 20.0 Å². The van der Waals surface area contributed by atoms with Crippen molar-refractivity contribution < 1.29 is 0 Å². The number of aromatic nitrogens is 2. The number of nitrogen functional groups attached to an aromatic ring is 1. The zero-order valence-corrected chi connectivity index (χ0v) is 10.4. The van der Waals surface area contributed by atoms with Crippen molar-refractivity contribution in [3.05, 3.63) is 6.07 Å². The molecule has 0 radical (unpaired) electrons. The van der Waals surface area contributed by atoms with Gasteiger partial charge in [-0.3, -0.25) is 0 Å². The fraction of sp³-hybridized carbons (Fsp3) is 0.636. The van der Waals surface area contributed by atoms with Crippen LogP contribution < -0.4 is 21.3 Å². The average Bonchev–Trinajstić information content (AvgIpc) is 2.77. The normalized spacial score (nSPS) is 19.6. The number of nitrogens with zero attached hydrogens (tertiary/aromatic N) is 3. The monoisotopic (exact) mass is 236 g/mol. The van der Waals surface area contributed by atoms with Gasteiger partial charge in [0.25, 0.3) is 0 Å². The largest absolute Gasteiger partial charge is 0.370 e. The van der Waals surface area contributed by atoms with Gasteiger partial charge in [0.2, 0.25) is 5.95 Å². The Bertz CT molecular complexity index is 380. The summed E-state index contributed by atoms with van der Waals surface area (Å²) in [7, 11) is 1.99. The molecular weight excluding hydrogens is 216 g/mol. The van der Waals surface area contributed by atoms with Gasteiger partial charge in [0.15, 0.2) is 0 Å². The topological polar surface area (TPSA) is 79.1 Å². The fourth-order valence-electron chi connectivity index (χ4n) is 2.09. The van der Waals surface area contributed by atoms with E-state index in [2.05, 4.69) is 25.5 Å². The van der Waals surface area contributed by atoms with Gasteiger partial charge >= 0.3 is 0 Å². The van der Waals surface area contributed by atoms with Gasteiger partial charge in [0.1, 0.15) is 11.6 Å². The van der Waals surface area contributed by atoms with Gasteiger partial charge in [-0.05, 0) is 20.4 Å². The Morgan fingerprint density at radius 3 is 3.00 bits per heavy atom.